The van der Waals surface area contributed by atoms with Crippen LogP contribution in [0.4, 0.5) is 52.7 Å². The lowest BCUT2D eigenvalue weighted by molar-refractivity contribution is -0.214. The zero-order valence-electron chi connectivity index (χ0n) is 86.5. The second kappa shape index (κ2) is 42.5. The van der Waals surface area contributed by atoms with E-state index in [0.29, 0.717) is 140 Å². The fourth-order valence-corrected chi connectivity index (χ4v) is 34.4. The van der Waals surface area contributed by atoms with Crippen LogP contribution in [0.3, 0.4) is 0 Å². The van der Waals surface area contributed by atoms with Crippen LogP contribution >= 0.6 is 0 Å². The molecule has 0 heterocycles. The number of alkyl halides is 12. The average Bonchev–Trinajstić information content (AvgIpc) is 0.721. The molecule has 0 amide bonds. The summed E-state index contributed by atoms with van der Waals surface area (Å²) in [7, 11) is -0.0789. The molecule has 0 aromatic heterocycles. The first kappa shape index (κ1) is 111. The zero-order valence-corrected chi connectivity index (χ0v) is 88.1. The molecule has 20 aliphatic rings. The van der Waals surface area contributed by atoms with Crippen molar-refractivity contribution >= 4 is 51.6 Å². The third-order valence-electron chi connectivity index (χ3n) is 36.3. The smallest absolute Gasteiger partial charge is 0.312 e. The van der Waals surface area contributed by atoms with Gasteiger partial charge < -0.3 is 54.3 Å². The number of halogens is 12. The summed E-state index contributed by atoms with van der Waals surface area (Å²) in [6, 6.07) is 53.6. The molecule has 148 heavy (non-hydrogen) atoms. The summed E-state index contributed by atoms with van der Waals surface area (Å²) in [5.74, 6) is -26.1. The molecular weight excluding hydrogens is 1970 g/mol. The third kappa shape index (κ3) is 24.5. The highest BCUT2D eigenvalue weighted by molar-refractivity contribution is 7.97. The Labute approximate surface area is 867 Å². The lowest BCUT2D eigenvalue weighted by Gasteiger charge is -2.59. The highest BCUT2D eigenvalue weighted by Crippen LogP contribution is 2.68. The van der Waals surface area contributed by atoms with Gasteiger partial charge in [-0.1, -0.05) is 106 Å². The van der Waals surface area contributed by atoms with Crippen LogP contribution in [0.25, 0.3) is 0 Å². The van der Waals surface area contributed by atoms with Crippen molar-refractivity contribution in [1.29, 1.82) is 0 Å². The normalized spacial score (nSPS) is 33.5. The molecule has 810 valence electrons. The SMILES string of the molecule is CC(F)(F)C(F)(F)CCC(COC(=O)C12CC3CC(C1)C(O)C(C3)C2)OC(=O)C12CC3CC(C1)C(O)C(C3)C2.CC(F)(F)C(F)(F)CCC(COC(=O)C12CC3CC(CC(O)(C3)C1)C2)OC(=O)C12CC3CC(CC(O)(C3)C1)C2.CC(F)(F)C(F)(F)CCC(O)COC(=O)C12CC3CC(CC(O)(C3)C1)C2.Cc1ccc([S+](c2ccc(C)cc2)c2ccc(C)cc2)cc1.Cc1ccc([S+](c2ccc(C)cc2)c2ccc(C)cc2)cc1. The van der Waals surface area contributed by atoms with E-state index in [4.69, 9.17) is 23.7 Å². The lowest BCUT2D eigenvalue weighted by atomic mass is 9.48. The number of carbonyl (C=O) groups is 5. The minimum atomic E-state index is -4.32. The first-order valence-electron chi connectivity index (χ1n) is 53.6. The van der Waals surface area contributed by atoms with Crippen molar-refractivity contribution in [3.8, 4) is 0 Å². The van der Waals surface area contributed by atoms with Crippen LogP contribution in [-0.4, -0.2) is 163 Å². The Kier molecular flexibility index (Phi) is 32.0. The van der Waals surface area contributed by atoms with E-state index in [1.165, 1.54) is 62.8 Å². The van der Waals surface area contributed by atoms with Crippen LogP contribution in [0.5, 0.6) is 0 Å². The molecule has 20 aliphatic carbocycles. The Morgan fingerprint density at radius 2 is 0.507 bits per heavy atom. The summed E-state index contributed by atoms with van der Waals surface area (Å²) in [5.41, 5.74) is 1.06. The van der Waals surface area contributed by atoms with Gasteiger partial charge in [-0.2, -0.15) is 26.3 Å². The van der Waals surface area contributed by atoms with Gasteiger partial charge in [-0.05, 0) is 384 Å². The quantitative estimate of drug-likeness (QED) is 0.0102. The fraction of sp³-hybridized carbons (Fsp3) is 0.653. The molecule has 20 fully saturated rings. The van der Waals surface area contributed by atoms with Gasteiger partial charge in [0, 0.05) is 40.0 Å². The molecular formula is C118H148F12O16S2+2. The molecule has 13 unspecified atom stereocenters. The summed E-state index contributed by atoms with van der Waals surface area (Å²) >= 11 is 0. The molecule has 6 aromatic carbocycles. The first-order valence-corrected chi connectivity index (χ1v) is 56.1. The number of benzene rings is 6. The molecule has 30 heteroatoms. The first-order chi connectivity index (χ1) is 69.3. The molecule has 6 N–H and O–H groups in total. The molecule has 20 saturated carbocycles. The molecule has 0 spiro atoms. The Hall–Kier alpha value is -7.71. The molecule has 0 aliphatic heterocycles. The number of esters is 5. The fourth-order valence-electron chi connectivity index (χ4n) is 30.4. The van der Waals surface area contributed by atoms with Crippen LogP contribution in [0.2, 0.25) is 0 Å². The van der Waals surface area contributed by atoms with Gasteiger partial charge in [0.1, 0.15) is 32.0 Å². The Balaban J connectivity index is 0.000000129. The van der Waals surface area contributed by atoms with Crippen molar-refractivity contribution in [2.75, 3.05) is 19.8 Å². The number of aliphatic hydroxyl groups is 6. The van der Waals surface area contributed by atoms with Gasteiger partial charge in [0.05, 0.1) is 84.0 Å². The molecule has 0 saturated heterocycles. The predicted octanol–water partition coefficient (Wildman–Crippen LogP) is 24.8. The van der Waals surface area contributed by atoms with Gasteiger partial charge >= 0.3 is 65.4 Å². The van der Waals surface area contributed by atoms with Gasteiger partial charge in [0.25, 0.3) is 0 Å². The van der Waals surface area contributed by atoms with Gasteiger partial charge in [0.15, 0.2) is 29.4 Å². The minimum Gasteiger partial charge on any atom is -0.463 e. The van der Waals surface area contributed by atoms with Crippen molar-refractivity contribution in [2.45, 2.75) is 393 Å². The van der Waals surface area contributed by atoms with Gasteiger partial charge in [-0.15, -0.1) is 0 Å². The van der Waals surface area contributed by atoms with E-state index >= 15 is 0 Å². The van der Waals surface area contributed by atoms with Crippen LogP contribution < -0.4 is 0 Å². The summed E-state index contributed by atoms with van der Waals surface area (Å²) in [6.45, 7) is 11.8. The maximum absolute atomic E-state index is 14.2. The van der Waals surface area contributed by atoms with Gasteiger partial charge in [-0.25, -0.2) is 26.3 Å². The highest BCUT2D eigenvalue weighted by Gasteiger charge is 2.67. The van der Waals surface area contributed by atoms with E-state index in [-0.39, 0.29) is 108 Å². The van der Waals surface area contributed by atoms with Crippen molar-refractivity contribution in [2.24, 2.45) is 98.1 Å². The number of ether oxygens (including phenoxy) is 5. The maximum atomic E-state index is 14.2. The van der Waals surface area contributed by atoms with Crippen molar-refractivity contribution < 1.29 is 131 Å². The van der Waals surface area contributed by atoms with Crippen LogP contribution in [0, 0.1) is 140 Å². The topological polar surface area (TPSA) is 253 Å². The summed E-state index contributed by atoms with van der Waals surface area (Å²) in [4.78, 5) is 74.6. The molecule has 26 rings (SSSR count). The van der Waals surface area contributed by atoms with E-state index in [2.05, 4.69) is 187 Å². The monoisotopic (exact) mass is 2110 g/mol. The van der Waals surface area contributed by atoms with Gasteiger partial charge in [-0.3, -0.25) is 24.0 Å². The van der Waals surface area contributed by atoms with Crippen LogP contribution in [0.1, 0.15) is 272 Å². The predicted molar refractivity (Wildman–Crippen MR) is 535 cm³/mol. The van der Waals surface area contributed by atoms with E-state index in [1.54, 1.807) is 0 Å². The van der Waals surface area contributed by atoms with E-state index in [1.807, 2.05) is 0 Å². The second-order valence-electron chi connectivity index (χ2n) is 49.3. The number of rotatable bonds is 31. The van der Waals surface area contributed by atoms with Crippen molar-refractivity contribution in [3.63, 3.8) is 0 Å². The largest absolute Gasteiger partial charge is 0.463 e. The maximum Gasteiger partial charge on any atom is 0.312 e. The number of hydrogen-bond donors (Lipinski definition) is 6. The highest BCUT2D eigenvalue weighted by atomic mass is 32.2. The Bertz CT molecular complexity index is 5230. The summed E-state index contributed by atoms with van der Waals surface area (Å²) < 4.78 is 191. The van der Waals surface area contributed by atoms with Crippen LogP contribution in [0.15, 0.2) is 175 Å². The summed E-state index contributed by atoms with van der Waals surface area (Å²) in [6.07, 6.45) is 7.74. The summed E-state index contributed by atoms with van der Waals surface area (Å²) in [5, 5.41) is 63.5. The third-order valence-corrected chi connectivity index (χ3v) is 40.7. The van der Waals surface area contributed by atoms with Crippen molar-refractivity contribution in [3.05, 3.63) is 179 Å². The van der Waals surface area contributed by atoms with E-state index in [0.717, 1.165) is 44.9 Å². The molecule has 16 nitrogen and oxygen atoms in total. The average molecular weight is 2110 g/mol. The van der Waals surface area contributed by atoms with E-state index < -0.39 is 198 Å². The van der Waals surface area contributed by atoms with Crippen LogP contribution in [-0.2, 0) is 69.4 Å². The number of aliphatic hydroxyl groups excluding tert-OH is 3. The minimum absolute atomic E-state index is 0.00497. The zero-order chi connectivity index (χ0) is 106. The molecule has 13 atom stereocenters. The number of carbonyl (C=O) groups excluding carboxylic acids is 5. The van der Waals surface area contributed by atoms with Crippen molar-refractivity contribution in [1.82, 2.24) is 0 Å². The molecule has 20 bridgehead atoms. The number of hydrogen-bond acceptors (Lipinski definition) is 16. The lowest BCUT2D eigenvalue weighted by Crippen LogP contribution is -2.59. The second-order valence-corrected chi connectivity index (χ2v) is 53.3. The Morgan fingerprint density at radius 1 is 0.297 bits per heavy atom. The number of aryl methyl sites for hydroxylation is 6. The standard InChI is InChI=1S/2C29H40F4O6.2C21H21S.C18H26F4O4/c1-24(30,31)29(32,33)3-2-21(39-23(35)26-8-19-5-20(9-26)13-28(37,12-19)16-26)14-38-22(34)25-6-17-4-18(7-25)11-27(36,10-17)15-25;1-26(30,31)29(32,33)3-2-21(39-25(37)28-9-16-6-19(12-28)23(35)20(7-16)13-28)14-38-24(36)27-8-15-4-17(10-27)22(34)18(5-15)11-27;2*1-16-4-10-19(11-5-16)22(20-12-6-17(2)7-13-20)21-14-8-18(3)9-15-21;1-15(19,20)18(21,22)3-2-13(23)9-26-14(24)16-5-11-4-12(6-16)8-17(25,7-11)10-16/h17-21,36-37H,2-16H2,1H3;15-23,34-35H,2-14H2,1H3;2*4-15H,1-3H3;11-13,23,25H,2-10H2,1H3/q;;2*+1;. The molecule has 0 radical (unpaired) electrons. The van der Waals surface area contributed by atoms with Gasteiger partial charge in [0.2, 0.25) is 0 Å². The molecule has 6 aromatic rings. The van der Waals surface area contributed by atoms with E-state index in [9.17, 15) is 107 Å². The Morgan fingerprint density at radius 3 is 0.750 bits per heavy atom.